The van der Waals surface area contributed by atoms with Crippen LogP contribution in [0.3, 0.4) is 0 Å². The molecule has 0 heterocycles. The summed E-state index contributed by atoms with van der Waals surface area (Å²) in [6.07, 6.45) is 3.25. The van der Waals surface area contributed by atoms with E-state index in [2.05, 4.69) is 0 Å². The van der Waals surface area contributed by atoms with Gasteiger partial charge in [-0.15, -0.1) is 0 Å². The average Bonchev–Trinajstić information content (AvgIpc) is 1.98. The first-order valence-corrected chi connectivity index (χ1v) is 5.53. The number of halogens is 2. The molecule has 2 N–H and O–H groups in total. The highest BCUT2D eigenvalue weighted by Gasteiger charge is 2.66. The van der Waals surface area contributed by atoms with Gasteiger partial charge in [0.1, 0.15) is 0 Å². The van der Waals surface area contributed by atoms with Crippen LogP contribution in [-0.4, -0.2) is 5.54 Å². The first kappa shape index (κ1) is 9.02. The van der Waals surface area contributed by atoms with Crippen LogP contribution < -0.4 is 5.73 Å². The smallest absolute Gasteiger partial charge is 0.0458 e. The Morgan fingerprint density at radius 1 is 1.14 bits per heavy atom. The van der Waals surface area contributed by atoms with E-state index in [1.165, 1.54) is 5.56 Å². The van der Waals surface area contributed by atoms with Gasteiger partial charge >= 0.3 is 0 Å². The van der Waals surface area contributed by atoms with Crippen molar-refractivity contribution in [3.63, 3.8) is 0 Å². The van der Waals surface area contributed by atoms with E-state index in [1.54, 1.807) is 0 Å². The molecule has 0 unspecified atom stereocenters. The topological polar surface area (TPSA) is 26.0 Å². The van der Waals surface area contributed by atoms with Crippen LogP contribution in [0.2, 0.25) is 10.0 Å². The van der Waals surface area contributed by atoms with Crippen molar-refractivity contribution in [2.75, 3.05) is 0 Å². The Bertz CT molecular complexity index is 394. The molecule has 1 aromatic rings. The summed E-state index contributed by atoms with van der Waals surface area (Å²) in [4.78, 5) is 0. The molecule has 3 saturated carbocycles. The normalized spacial score (nSPS) is 38.8. The molecule has 3 heteroatoms. The fraction of sp³-hybridized carbons (Fsp3) is 0.455. The zero-order chi connectivity index (χ0) is 9.97. The summed E-state index contributed by atoms with van der Waals surface area (Å²) in [5.74, 6) is 0. The van der Waals surface area contributed by atoms with Gasteiger partial charge in [-0.2, -0.15) is 0 Å². The van der Waals surface area contributed by atoms with Gasteiger partial charge < -0.3 is 5.73 Å². The summed E-state index contributed by atoms with van der Waals surface area (Å²) in [5.41, 5.74) is 7.67. The van der Waals surface area contributed by atoms with Crippen LogP contribution in [0.15, 0.2) is 18.2 Å². The first-order valence-electron chi connectivity index (χ1n) is 4.78. The second-order valence-corrected chi connectivity index (χ2v) is 5.64. The fourth-order valence-electron chi connectivity index (χ4n) is 3.07. The number of hydrogen-bond donors (Lipinski definition) is 1. The Hall–Kier alpha value is -0.240. The van der Waals surface area contributed by atoms with Crippen LogP contribution in [0.5, 0.6) is 0 Å². The maximum atomic E-state index is 6.17. The van der Waals surface area contributed by atoms with E-state index in [0.29, 0.717) is 5.02 Å². The molecule has 0 aliphatic heterocycles. The maximum absolute atomic E-state index is 6.17. The monoisotopic (exact) mass is 227 g/mol. The largest absolute Gasteiger partial charge is 0.325 e. The van der Waals surface area contributed by atoms with Gasteiger partial charge in [0.15, 0.2) is 0 Å². The standard InChI is InChI=1S/C11H11Cl2N/c12-7-1-2-8(9(13)3-7)10-4-11(14,5-10)6-10/h1-3H,4-6,14H2. The van der Waals surface area contributed by atoms with Crippen LogP contribution in [-0.2, 0) is 5.41 Å². The molecule has 0 amide bonds. The summed E-state index contributed by atoms with van der Waals surface area (Å²) >= 11 is 12.0. The molecular formula is C11H11Cl2N. The second kappa shape index (κ2) is 2.46. The minimum atomic E-state index is 0.128. The third-order valence-electron chi connectivity index (χ3n) is 3.57. The Balaban J connectivity index is 1.99. The van der Waals surface area contributed by atoms with Crippen LogP contribution in [0, 0.1) is 0 Å². The highest BCUT2D eigenvalue weighted by Crippen LogP contribution is 2.67. The van der Waals surface area contributed by atoms with Gasteiger partial charge in [-0.25, -0.2) is 0 Å². The molecule has 3 fully saturated rings. The molecule has 0 saturated heterocycles. The maximum Gasteiger partial charge on any atom is 0.0458 e. The van der Waals surface area contributed by atoms with Gasteiger partial charge in [0.25, 0.3) is 0 Å². The van der Waals surface area contributed by atoms with Gasteiger partial charge in [-0.05, 0) is 37.0 Å². The van der Waals surface area contributed by atoms with Crippen molar-refractivity contribution in [3.05, 3.63) is 33.8 Å². The van der Waals surface area contributed by atoms with Crippen molar-refractivity contribution in [1.82, 2.24) is 0 Å². The Labute approximate surface area is 93.2 Å². The lowest BCUT2D eigenvalue weighted by Gasteiger charge is -2.69. The van der Waals surface area contributed by atoms with Crippen LogP contribution in [0.1, 0.15) is 24.8 Å². The third kappa shape index (κ3) is 1.01. The third-order valence-corrected chi connectivity index (χ3v) is 4.12. The zero-order valence-corrected chi connectivity index (χ0v) is 9.20. The summed E-state index contributed by atoms with van der Waals surface area (Å²) in [6, 6.07) is 5.78. The van der Waals surface area contributed by atoms with Gasteiger partial charge in [0.05, 0.1) is 0 Å². The lowest BCUT2D eigenvalue weighted by atomic mass is 9.38. The number of benzene rings is 1. The molecule has 4 rings (SSSR count). The van der Waals surface area contributed by atoms with Crippen molar-refractivity contribution >= 4 is 23.2 Å². The highest BCUT2D eigenvalue weighted by atomic mass is 35.5. The van der Waals surface area contributed by atoms with Crippen LogP contribution >= 0.6 is 23.2 Å². The molecule has 0 atom stereocenters. The highest BCUT2D eigenvalue weighted by molar-refractivity contribution is 6.35. The summed E-state index contributed by atoms with van der Waals surface area (Å²) < 4.78 is 0. The molecule has 1 nitrogen and oxygen atoms in total. The van der Waals surface area contributed by atoms with E-state index in [1.807, 2.05) is 18.2 Å². The summed E-state index contributed by atoms with van der Waals surface area (Å²) in [6.45, 7) is 0. The van der Waals surface area contributed by atoms with Crippen molar-refractivity contribution in [1.29, 1.82) is 0 Å². The van der Waals surface area contributed by atoms with Crippen molar-refractivity contribution in [2.24, 2.45) is 5.73 Å². The Morgan fingerprint density at radius 2 is 1.79 bits per heavy atom. The minimum absolute atomic E-state index is 0.128. The Kier molecular flexibility index (Phi) is 1.59. The SMILES string of the molecule is NC12CC(c3ccc(Cl)cc3Cl)(C1)C2. The number of nitrogens with two attached hydrogens (primary N) is 1. The molecule has 0 aromatic heterocycles. The van der Waals surface area contributed by atoms with Gasteiger partial charge in [0.2, 0.25) is 0 Å². The second-order valence-electron chi connectivity index (χ2n) is 4.80. The van der Waals surface area contributed by atoms with E-state index in [-0.39, 0.29) is 11.0 Å². The van der Waals surface area contributed by atoms with E-state index < -0.39 is 0 Å². The summed E-state index contributed by atoms with van der Waals surface area (Å²) in [5, 5.41) is 1.49. The van der Waals surface area contributed by atoms with Crippen LogP contribution in [0.4, 0.5) is 0 Å². The van der Waals surface area contributed by atoms with Crippen molar-refractivity contribution < 1.29 is 0 Å². The lowest BCUT2D eigenvalue weighted by molar-refractivity contribution is -0.0589. The van der Waals surface area contributed by atoms with Crippen molar-refractivity contribution in [3.8, 4) is 0 Å². The molecule has 2 bridgehead atoms. The lowest BCUT2D eigenvalue weighted by Crippen LogP contribution is -2.74. The molecule has 0 radical (unpaired) electrons. The molecular weight excluding hydrogens is 217 g/mol. The average molecular weight is 228 g/mol. The molecule has 14 heavy (non-hydrogen) atoms. The van der Waals surface area contributed by atoms with E-state index in [9.17, 15) is 0 Å². The Morgan fingerprint density at radius 3 is 2.29 bits per heavy atom. The van der Waals surface area contributed by atoms with E-state index in [0.717, 1.165) is 24.3 Å². The molecule has 1 aromatic carbocycles. The molecule has 3 aliphatic carbocycles. The van der Waals surface area contributed by atoms with Gasteiger partial charge in [-0.1, -0.05) is 29.3 Å². The molecule has 74 valence electrons. The van der Waals surface area contributed by atoms with E-state index in [4.69, 9.17) is 28.9 Å². The quantitative estimate of drug-likeness (QED) is 0.785. The first-order chi connectivity index (χ1) is 6.53. The number of rotatable bonds is 1. The van der Waals surface area contributed by atoms with Crippen LogP contribution in [0.25, 0.3) is 0 Å². The molecule has 0 spiro atoms. The van der Waals surface area contributed by atoms with Crippen molar-refractivity contribution in [2.45, 2.75) is 30.2 Å². The summed E-state index contributed by atoms with van der Waals surface area (Å²) in [7, 11) is 0. The predicted octanol–water partition coefficient (Wildman–Crippen LogP) is 3.13. The zero-order valence-electron chi connectivity index (χ0n) is 7.69. The predicted molar refractivity (Wildman–Crippen MR) is 58.9 cm³/mol. The molecule has 3 aliphatic rings. The van der Waals surface area contributed by atoms with Gasteiger partial charge in [0, 0.05) is 21.0 Å². The fourth-order valence-corrected chi connectivity index (χ4v) is 3.68. The minimum Gasteiger partial charge on any atom is -0.325 e. The van der Waals surface area contributed by atoms with E-state index >= 15 is 0 Å². The van der Waals surface area contributed by atoms with Gasteiger partial charge in [-0.3, -0.25) is 0 Å². The number of hydrogen-bond acceptors (Lipinski definition) is 1.